The largest absolute Gasteiger partial charge is 0.481 e. The Kier molecular flexibility index (Phi) is 6.17. The summed E-state index contributed by atoms with van der Waals surface area (Å²) >= 11 is 5.84. The van der Waals surface area contributed by atoms with Crippen LogP contribution < -0.4 is 5.32 Å². The number of nitrogens with one attached hydrogen (secondary N) is 1. The molecule has 0 aliphatic rings. The highest BCUT2D eigenvalue weighted by Gasteiger charge is 2.29. The number of carbonyl (C=O) groups is 2. The third-order valence-corrected chi connectivity index (χ3v) is 3.68. The molecule has 0 radical (unpaired) electrons. The number of nitrogens with zero attached hydrogens (tertiary/aromatic N) is 1. The standard InChI is InChI=1S/C17H19ClN2O5/c1-17(10-24-2,8-15(22)23)20-14(21)7-13-9-25-16(19-13)11-3-5-12(18)6-4-11/h3-6,9H,7-8,10H2,1-2H3,(H,20,21)(H,22,23). The molecule has 1 aromatic heterocycles. The van der Waals surface area contributed by atoms with Gasteiger partial charge in [-0.3, -0.25) is 9.59 Å². The monoisotopic (exact) mass is 366 g/mol. The molecule has 134 valence electrons. The number of carboxylic acid groups (broad SMARTS) is 1. The van der Waals surface area contributed by atoms with Gasteiger partial charge >= 0.3 is 5.97 Å². The molecule has 25 heavy (non-hydrogen) atoms. The lowest BCUT2D eigenvalue weighted by atomic mass is 9.98. The van der Waals surface area contributed by atoms with Crippen molar-refractivity contribution in [1.29, 1.82) is 0 Å². The van der Waals surface area contributed by atoms with Crippen molar-refractivity contribution in [2.45, 2.75) is 25.3 Å². The molecule has 2 N–H and O–H groups in total. The van der Waals surface area contributed by atoms with Crippen LogP contribution in [-0.2, 0) is 20.7 Å². The number of carbonyl (C=O) groups excluding carboxylic acids is 1. The van der Waals surface area contributed by atoms with Gasteiger partial charge in [0.15, 0.2) is 0 Å². The van der Waals surface area contributed by atoms with Gasteiger partial charge in [-0.1, -0.05) is 11.6 Å². The van der Waals surface area contributed by atoms with E-state index in [1.807, 2.05) is 0 Å². The number of aliphatic carboxylic acids is 1. The maximum absolute atomic E-state index is 12.2. The molecular formula is C17H19ClN2O5. The van der Waals surface area contributed by atoms with Crippen molar-refractivity contribution in [3.05, 3.63) is 41.2 Å². The predicted molar refractivity (Wildman–Crippen MR) is 91.3 cm³/mol. The second-order valence-electron chi connectivity index (χ2n) is 5.94. The van der Waals surface area contributed by atoms with Crippen LogP contribution >= 0.6 is 11.6 Å². The summed E-state index contributed by atoms with van der Waals surface area (Å²) in [5.74, 6) is -1.01. The molecule has 7 nitrogen and oxygen atoms in total. The Labute approximate surface area is 150 Å². The van der Waals surface area contributed by atoms with Gasteiger partial charge in [0.1, 0.15) is 6.26 Å². The molecule has 1 amide bonds. The molecular weight excluding hydrogens is 348 g/mol. The number of hydrogen-bond acceptors (Lipinski definition) is 5. The normalized spacial score (nSPS) is 13.2. The third-order valence-electron chi connectivity index (χ3n) is 3.43. The maximum atomic E-state index is 12.2. The van der Waals surface area contributed by atoms with E-state index in [0.717, 1.165) is 5.56 Å². The molecule has 1 unspecified atom stereocenters. The van der Waals surface area contributed by atoms with E-state index in [-0.39, 0.29) is 25.4 Å². The number of rotatable bonds is 8. The number of methoxy groups -OCH3 is 1. The highest BCUT2D eigenvalue weighted by molar-refractivity contribution is 6.30. The van der Waals surface area contributed by atoms with Crippen LogP contribution in [-0.4, -0.2) is 41.2 Å². The average Bonchev–Trinajstić information content (AvgIpc) is 2.95. The summed E-state index contributed by atoms with van der Waals surface area (Å²) in [7, 11) is 1.45. The Morgan fingerprint density at radius 3 is 2.64 bits per heavy atom. The number of ether oxygens (including phenoxy) is 1. The quantitative estimate of drug-likeness (QED) is 0.744. The van der Waals surface area contributed by atoms with E-state index >= 15 is 0 Å². The minimum absolute atomic E-state index is 0.0317. The van der Waals surface area contributed by atoms with E-state index < -0.39 is 11.5 Å². The summed E-state index contributed by atoms with van der Waals surface area (Å²) in [5.41, 5.74) is 0.184. The van der Waals surface area contributed by atoms with Crippen molar-refractivity contribution in [2.75, 3.05) is 13.7 Å². The third kappa shape index (κ3) is 5.58. The van der Waals surface area contributed by atoms with Crippen molar-refractivity contribution >= 4 is 23.5 Å². The fourth-order valence-electron chi connectivity index (χ4n) is 2.44. The summed E-state index contributed by atoms with van der Waals surface area (Å²) in [5, 5.41) is 12.3. The Hall–Kier alpha value is -2.38. The number of oxazole rings is 1. The first-order valence-electron chi connectivity index (χ1n) is 7.53. The smallest absolute Gasteiger partial charge is 0.305 e. The molecule has 1 atom stereocenters. The Morgan fingerprint density at radius 1 is 1.36 bits per heavy atom. The van der Waals surface area contributed by atoms with Gasteiger partial charge in [-0.25, -0.2) is 4.98 Å². The van der Waals surface area contributed by atoms with Gasteiger partial charge in [0.2, 0.25) is 11.8 Å². The lowest BCUT2D eigenvalue weighted by Crippen LogP contribution is -2.51. The number of aromatic nitrogens is 1. The summed E-state index contributed by atoms with van der Waals surface area (Å²) in [6, 6.07) is 6.96. The van der Waals surface area contributed by atoms with Crippen LogP contribution in [0.2, 0.25) is 5.02 Å². The van der Waals surface area contributed by atoms with Gasteiger partial charge in [0, 0.05) is 17.7 Å². The van der Waals surface area contributed by atoms with Crippen LogP contribution in [0.25, 0.3) is 11.5 Å². The zero-order valence-electron chi connectivity index (χ0n) is 13.9. The van der Waals surface area contributed by atoms with Gasteiger partial charge in [0.25, 0.3) is 0 Å². The van der Waals surface area contributed by atoms with Crippen molar-refractivity contribution < 1.29 is 23.8 Å². The first kappa shape index (κ1) is 19.0. The van der Waals surface area contributed by atoms with E-state index in [1.165, 1.54) is 13.4 Å². The maximum Gasteiger partial charge on any atom is 0.305 e. The molecule has 0 saturated carbocycles. The number of carboxylic acids is 1. The molecule has 1 heterocycles. The first-order valence-corrected chi connectivity index (χ1v) is 7.91. The fraction of sp³-hybridized carbons (Fsp3) is 0.353. The summed E-state index contributed by atoms with van der Waals surface area (Å²) < 4.78 is 10.4. The number of benzene rings is 1. The van der Waals surface area contributed by atoms with E-state index in [2.05, 4.69) is 10.3 Å². The van der Waals surface area contributed by atoms with Crippen molar-refractivity contribution in [3.8, 4) is 11.5 Å². The summed E-state index contributed by atoms with van der Waals surface area (Å²) in [6.07, 6.45) is 1.12. The molecule has 0 bridgehead atoms. The van der Waals surface area contributed by atoms with Crippen molar-refractivity contribution in [1.82, 2.24) is 10.3 Å². The van der Waals surface area contributed by atoms with E-state index in [9.17, 15) is 9.59 Å². The van der Waals surface area contributed by atoms with Crippen LogP contribution in [0.15, 0.2) is 34.9 Å². The molecule has 8 heteroatoms. The van der Waals surface area contributed by atoms with E-state index in [0.29, 0.717) is 16.6 Å². The van der Waals surface area contributed by atoms with Gasteiger partial charge in [-0.2, -0.15) is 0 Å². The SMILES string of the molecule is COCC(C)(CC(=O)O)NC(=O)Cc1coc(-c2ccc(Cl)cc2)n1. The molecule has 2 aromatic rings. The number of halogens is 1. The molecule has 1 aromatic carbocycles. The van der Waals surface area contributed by atoms with Gasteiger partial charge < -0.3 is 19.6 Å². The lowest BCUT2D eigenvalue weighted by Gasteiger charge is -2.28. The van der Waals surface area contributed by atoms with E-state index in [1.54, 1.807) is 31.2 Å². The molecule has 0 saturated heterocycles. The average molecular weight is 367 g/mol. The Balaban J connectivity index is 2.03. The minimum Gasteiger partial charge on any atom is -0.481 e. The summed E-state index contributed by atoms with van der Waals surface area (Å²) in [6.45, 7) is 1.70. The number of hydrogen-bond donors (Lipinski definition) is 2. The van der Waals surface area contributed by atoms with Crippen LogP contribution in [0, 0.1) is 0 Å². The molecule has 0 aliphatic heterocycles. The van der Waals surface area contributed by atoms with Crippen LogP contribution in [0.3, 0.4) is 0 Å². The Morgan fingerprint density at radius 2 is 2.04 bits per heavy atom. The predicted octanol–water partition coefficient (Wildman–Crippen LogP) is 2.53. The molecule has 2 rings (SSSR count). The first-order chi connectivity index (χ1) is 11.8. The lowest BCUT2D eigenvalue weighted by molar-refractivity contribution is -0.139. The highest BCUT2D eigenvalue weighted by atomic mass is 35.5. The highest BCUT2D eigenvalue weighted by Crippen LogP contribution is 2.21. The minimum atomic E-state index is -1.02. The van der Waals surface area contributed by atoms with Crippen LogP contribution in [0.5, 0.6) is 0 Å². The topological polar surface area (TPSA) is 102 Å². The fourth-order valence-corrected chi connectivity index (χ4v) is 2.57. The van der Waals surface area contributed by atoms with Crippen molar-refractivity contribution in [2.24, 2.45) is 0 Å². The zero-order valence-corrected chi connectivity index (χ0v) is 14.7. The van der Waals surface area contributed by atoms with Gasteiger partial charge in [0.05, 0.1) is 30.7 Å². The van der Waals surface area contributed by atoms with Crippen LogP contribution in [0.1, 0.15) is 19.0 Å². The molecule has 0 fully saturated rings. The summed E-state index contributed by atoms with van der Waals surface area (Å²) in [4.78, 5) is 27.5. The van der Waals surface area contributed by atoms with Crippen LogP contribution in [0.4, 0.5) is 0 Å². The van der Waals surface area contributed by atoms with E-state index in [4.69, 9.17) is 25.9 Å². The van der Waals surface area contributed by atoms with Gasteiger partial charge in [-0.15, -0.1) is 0 Å². The second-order valence-corrected chi connectivity index (χ2v) is 6.38. The molecule has 0 spiro atoms. The Bertz CT molecular complexity index is 744. The van der Waals surface area contributed by atoms with Crippen molar-refractivity contribution in [3.63, 3.8) is 0 Å². The second kappa shape index (κ2) is 8.13. The molecule has 0 aliphatic carbocycles. The zero-order chi connectivity index (χ0) is 18.4. The number of amides is 1. The van der Waals surface area contributed by atoms with Gasteiger partial charge in [-0.05, 0) is 31.2 Å².